The van der Waals surface area contributed by atoms with Crippen LogP contribution >= 0.6 is 22.9 Å². The Kier molecular flexibility index (Phi) is 4.96. The molecule has 3 heterocycles. The Hall–Kier alpha value is -0.870. The summed E-state index contributed by atoms with van der Waals surface area (Å²) in [5, 5.41) is 1.11. The average Bonchev–Trinajstić information content (AvgIpc) is 3.16. The van der Waals surface area contributed by atoms with E-state index in [1.165, 1.54) is 19.4 Å². The molecule has 0 bridgehead atoms. The zero-order valence-corrected chi connectivity index (χ0v) is 15.5. The summed E-state index contributed by atoms with van der Waals surface area (Å²) in [6.07, 6.45) is 5.77. The molecule has 112 valence electrons. The zero-order chi connectivity index (χ0) is 14.7. The molecular weight excluding hydrogens is 419 g/mol. The van der Waals surface area contributed by atoms with Gasteiger partial charge in [-0.2, -0.15) is 0 Å². The van der Waals surface area contributed by atoms with Crippen LogP contribution in [0.5, 0.6) is 0 Å². The van der Waals surface area contributed by atoms with Crippen LogP contribution in [0, 0.1) is 16.9 Å². The summed E-state index contributed by atoms with van der Waals surface area (Å²) in [6.45, 7) is 3.80. The third-order valence-corrected chi connectivity index (χ3v) is 7.83. The molecule has 0 atom stereocenters. The van der Waals surface area contributed by atoms with Crippen molar-refractivity contribution in [2.24, 2.45) is 0 Å². The molecule has 3 aromatic rings. The van der Waals surface area contributed by atoms with Gasteiger partial charge in [-0.1, -0.05) is 0 Å². The SMILES string of the molecule is Cc1nsc(CCc2cnc([I-]Cc3cnc(C)o3)s2)n1. The number of hydrogen-bond donors (Lipinski definition) is 0. The van der Waals surface area contributed by atoms with Gasteiger partial charge in [-0.3, -0.25) is 0 Å². The molecule has 0 fully saturated rings. The Morgan fingerprint density at radius 3 is 2.81 bits per heavy atom. The molecule has 0 aromatic carbocycles. The van der Waals surface area contributed by atoms with Crippen molar-refractivity contribution in [2.45, 2.75) is 31.1 Å². The van der Waals surface area contributed by atoms with Gasteiger partial charge in [-0.25, -0.2) is 0 Å². The van der Waals surface area contributed by atoms with Crippen LogP contribution in [0.25, 0.3) is 0 Å². The number of hydrogen-bond acceptors (Lipinski definition) is 7. The summed E-state index contributed by atoms with van der Waals surface area (Å²) in [6, 6.07) is 0. The number of alkyl halides is 1. The molecular formula is C13H14IN4OS2-. The minimum atomic E-state index is -0.132. The predicted octanol–water partition coefficient (Wildman–Crippen LogP) is -0.157. The van der Waals surface area contributed by atoms with Crippen LogP contribution in [-0.4, -0.2) is 19.3 Å². The Balaban J connectivity index is 1.51. The van der Waals surface area contributed by atoms with E-state index >= 15 is 0 Å². The van der Waals surface area contributed by atoms with Crippen LogP contribution in [0.1, 0.15) is 27.4 Å². The van der Waals surface area contributed by atoms with Gasteiger partial charge >= 0.3 is 142 Å². The fraction of sp³-hybridized carbons (Fsp3) is 0.385. The molecule has 21 heavy (non-hydrogen) atoms. The van der Waals surface area contributed by atoms with Crippen molar-refractivity contribution in [2.75, 3.05) is 0 Å². The van der Waals surface area contributed by atoms with E-state index in [1.54, 1.807) is 0 Å². The van der Waals surface area contributed by atoms with Crippen LogP contribution in [-0.2, 0) is 17.3 Å². The van der Waals surface area contributed by atoms with Crippen LogP contribution < -0.4 is 21.2 Å². The molecule has 5 nitrogen and oxygen atoms in total. The monoisotopic (exact) mass is 433 g/mol. The van der Waals surface area contributed by atoms with Gasteiger partial charge < -0.3 is 0 Å². The molecule has 0 unspecified atom stereocenters. The number of nitrogens with zero attached hydrogens (tertiary/aromatic N) is 4. The first-order chi connectivity index (χ1) is 10.2. The summed E-state index contributed by atoms with van der Waals surface area (Å²) in [7, 11) is 0. The number of aromatic nitrogens is 4. The predicted molar refractivity (Wildman–Crippen MR) is 77.8 cm³/mol. The summed E-state index contributed by atoms with van der Waals surface area (Å²) < 4.78 is 11.9. The second-order valence-electron chi connectivity index (χ2n) is 4.43. The topological polar surface area (TPSA) is 64.7 Å². The van der Waals surface area contributed by atoms with Crippen LogP contribution in [0.15, 0.2) is 16.8 Å². The Labute approximate surface area is 141 Å². The van der Waals surface area contributed by atoms with Crippen molar-refractivity contribution in [3.8, 4) is 0 Å². The Bertz CT molecular complexity index is 662. The van der Waals surface area contributed by atoms with Gasteiger partial charge in [-0.15, -0.1) is 0 Å². The zero-order valence-electron chi connectivity index (χ0n) is 11.7. The second-order valence-corrected chi connectivity index (χ2v) is 9.66. The fourth-order valence-electron chi connectivity index (χ4n) is 1.72. The number of halogens is 1. The quantitative estimate of drug-likeness (QED) is 0.400. The van der Waals surface area contributed by atoms with Crippen LogP contribution in [0.2, 0.25) is 0 Å². The van der Waals surface area contributed by atoms with Gasteiger partial charge in [0, 0.05) is 0 Å². The van der Waals surface area contributed by atoms with Crippen molar-refractivity contribution >= 4 is 22.9 Å². The van der Waals surface area contributed by atoms with Gasteiger partial charge in [0.2, 0.25) is 0 Å². The minimum absolute atomic E-state index is 0.132. The Morgan fingerprint density at radius 1 is 1.19 bits per heavy atom. The molecule has 0 spiro atoms. The van der Waals surface area contributed by atoms with Crippen molar-refractivity contribution < 1.29 is 25.6 Å². The molecule has 8 heteroatoms. The number of thiazole rings is 1. The molecule has 3 rings (SSSR count). The molecule has 0 aliphatic rings. The van der Waals surface area contributed by atoms with E-state index in [0.717, 1.165) is 39.8 Å². The first kappa shape index (κ1) is 15.0. The standard InChI is InChI=1S/C13H14IN4OS2/c1-8-17-12(21-18-8)4-3-11-7-16-13(20-11)14-5-10-6-15-9(2)19-10/h6-7H,3-5H2,1-2H3/q-1. The number of oxazole rings is 1. The molecule has 3 aromatic heterocycles. The molecule has 0 saturated carbocycles. The molecule has 0 aliphatic carbocycles. The van der Waals surface area contributed by atoms with E-state index in [1.807, 2.05) is 37.6 Å². The summed E-state index contributed by atoms with van der Waals surface area (Å²) >= 11 is 3.18. The van der Waals surface area contributed by atoms with Gasteiger partial charge in [-0.05, 0) is 0 Å². The molecule has 0 aliphatic heterocycles. The maximum absolute atomic E-state index is 5.50. The number of rotatable bonds is 6. The van der Waals surface area contributed by atoms with Crippen molar-refractivity contribution in [1.29, 1.82) is 0 Å². The van der Waals surface area contributed by atoms with Gasteiger partial charge in [0.25, 0.3) is 0 Å². The second kappa shape index (κ2) is 6.93. The fourth-order valence-corrected chi connectivity index (χ4v) is 6.13. The summed E-state index contributed by atoms with van der Waals surface area (Å²) in [5.41, 5.74) is 0. The summed E-state index contributed by atoms with van der Waals surface area (Å²) in [5.74, 6) is 2.58. The molecule has 0 radical (unpaired) electrons. The summed E-state index contributed by atoms with van der Waals surface area (Å²) in [4.78, 5) is 14.4. The van der Waals surface area contributed by atoms with E-state index < -0.39 is 0 Å². The first-order valence-electron chi connectivity index (χ1n) is 6.43. The van der Waals surface area contributed by atoms with Gasteiger partial charge in [0.1, 0.15) is 0 Å². The van der Waals surface area contributed by atoms with E-state index in [9.17, 15) is 0 Å². The average molecular weight is 433 g/mol. The van der Waals surface area contributed by atoms with E-state index in [4.69, 9.17) is 4.42 Å². The molecule has 0 N–H and O–H groups in total. The third kappa shape index (κ3) is 4.30. The number of aryl methyl sites for hydroxylation is 4. The van der Waals surface area contributed by atoms with Crippen LogP contribution in [0.3, 0.4) is 0 Å². The molecule has 0 saturated heterocycles. The van der Waals surface area contributed by atoms with E-state index in [-0.39, 0.29) is 21.2 Å². The van der Waals surface area contributed by atoms with Gasteiger partial charge in [0.15, 0.2) is 0 Å². The van der Waals surface area contributed by atoms with Crippen molar-refractivity contribution in [3.63, 3.8) is 0 Å². The van der Waals surface area contributed by atoms with Crippen molar-refractivity contribution in [1.82, 2.24) is 19.3 Å². The van der Waals surface area contributed by atoms with Gasteiger partial charge in [0.05, 0.1) is 0 Å². The van der Waals surface area contributed by atoms with Crippen LogP contribution in [0.4, 0.5) is 0 Å². The van der Waals surface area contributed by atoms with Crippen molar-refractivity contribution in [3.05, 3.63) is 42.8 Å². The first-order valence-corrected chi connectivity index (χ1v) is 10.6. The Morgan fingerprint density at radius 2 is 2.10 bits per heavy atom. The third-order valence-electron chi connectivity index (χ3n) is 2.66. The van der Waals surface area contributed by atoms with E-state index in [2.05, 4.69) is 19.3 Å². The molecule has 0 amide bonds. The maximum atomic E-state index is 5.50. The normalized spacial score (nSPS) is 11.3. The van der Waals surface area contributed by atoms with E-state index in [0.29, 0.717) is 0 Å².